The Labute approximate surface area is 195 Å². The third-order valence-corrected chi connectivity index (χ3v) is 5.92. The summed E-state index contributed by atoms with van der Waals surface area (Å²) in [5.74, 6) is 0.115. The van der Waals surface area contributed by atoms with Crippen LogP contribution < -0.4 is 10.6 Å². The molecule has 0 radical (unpaired) electrons. The summed E-state index contributed by atoms with van der Waals surface area (Å²) >= 11 is 0. The molecule has 1 saturated heterocycles. The summed E-state index contributed by atoms with van der Waals surface area (Å²) in [4.78, 5) is 27.2. The molecule has 1 heterocycles. The van der Waals surface area contributed by atoms with Crippen LogP contribution in [0.2, 0.25) is 0 Å². The van der Waals surface area contributed by atoms with Crippen molar-refractivity contribution < 1.29 is 18.7 Å². The zero-order chi connectivity index (χ0) is 24.0. The fourth-order valence-electron chi connectivity index (χ4n) is 3.90. The average molecular weight is 456 g/mol. The van der Waals surface area contributed by atoms with Gasteiger partial charge in [0.2, 0.25) is 5.91 Å². The number of hydrogen-bond donors (Lipinski definition) is 2. The minimum absolute atomic E-state index is 0.00202. The number of ether oxygens (including phenoxy) is 1. The third-order valence-electron chi connectivity index (χ3n) is 5.92. The molecule has 0 bridgehead atoms. The summed E-state index contributed by atoms with van der Waals surface area (Å²) in [6.45, 7) is 9.24. The van der Waals surface area contributed by atoms with Crippen LogP contribution in [0.4, 0.5) is 14.9 Å². The van der Waals surface area contributed by atoms with Gasteiger partial charge in [-0.2, -0.15) is 0 Å². The van der Waals surface area contributed by atoms with Gasteiger partial charge in [-0.05, 0) is 35.6 Å². The zero-order valence-corrected chi connectivity index (χ0v) is 19.8. The maximum Gasteiger partial charge on any atom is 0.407 e. The Kier molecular flexibility index (Phi) is 8.31. The molecular formula is C26H34FN3O3. The van der Waals surface area contributed by atoms with Crippen molar-refractivity contribution in [3.8, 4) is 0 Å². The Morgan fingerprint density at radius 1 is 1.12 bits per heavy atom. The van der Waals surface area contributed by atoms with Crippen LogP contribution in [-0.4, -0.2) is 42.1 Å². The molecule has 0 spiro atoms. The molecule has 0 saturated carbocycles. The predicted molar refractivity (Wildman–Crippen MR) is 127 cm³/mol. The summed E-state index contributed by atoms with van der Waals surface area (Å²) in [7, 11) is 0. The fourth-order valence-corrected chi connectivity index (χ4v) is 3.90. The highest BCUT2D eigenvalue weighted by molar-refractivity contribution is 5.85. The van der Waals surface area contributed by atoms with Crippen LogP contribution >= 0.6 is 0 Å². The van der Waals surface area contributed by atoms with E-state index in [1.165, 1.54) is 11.6 Å². The molecule has 2 amide bonds. The lowest BCUT2D eigenvalue weighted by molar-refractivity contribution is -0.132. The first-order valence-corrected chi connectivity index (χ1v) is 11.6. The van der Waals surface area contributed by atoms with Crippen LogP contribution in [0.1, 0.15) is 51.2 Å². The number of halogens is 1. The van der Waals surface area contributed by atoms with Gasteiger partial charge >= 0.3 is 6.09 Å². The van der Waals surface area contributed by atoms with Crippen molar-refractivity contribution in [2.24, 2.45) is 5.92 Å². The second-order valence-electron chi connectivity index (χ2n) is 9.19. The summed E-state index contributed by atoms with van der Waals surface area (Å²) in [5.41, 5.74) is 2.53. The number of nitrogens with one attached hydrogen (secondary N) is 2. The third kappa shape index (κ3) is 6.70. The average Bonchev–Trinajstić information content (AvgIpc) is 3.25. The molecule has 7 heteroatoms. The highest BCUT2D eigenvalue weighted by Gasteiger charge is 2.34. The van der Waals surface area contributed by atoms with Crippen molar-refractivity contribution in [3.63, 3.8) is 0 Å². The van der Waals surface area contributed by atoms with E-state index in [0.717, 1.165) is 5.69 Å². The van der Waals surface area contributed by atoms with Crippen LogP contribution in [0, 0.1) is 11.7 Å². The van der Waals surface area contributed by atoms with E-state index >= 15 is 0 Å². The Bertz CT molecular complexity index is 963. The summed E-state index contributed by atoms with van der Waals surface area (Å²) in [6, 6.07) is 14.0. The molecule has 0 aromatic heterocycles. The Morgan fingerprint density at radius 2 is 1.88 bits per heavy atom. The Hall–Kier alpha value is -3.09. The van der Waals surface area contributed by atoms with Crippen LogP contribution in [0.3, 0.4) is 0 Å². The molecule has 1 aliphatic heterocycles. The number of alkyl carbamates (subject to hydrolysis) is 1. The first-order chi connectivity index (χ1) is 15.7. The molecule has 2 N–H and O–H groups in total. The van der Waals surface area contributed by atoms with E-state index in [1.807, 2.05) is 26.0 Å². The highest BCUT2D eigenvalue weighted by Crippen LogP contribution is 2.22. The number of hydrogen-bond acceptors (Lipinski definition) is 4. The van der Waals surface area contributed by atoms with E-state index in [0.29, 0.717) is 31.0 Å². The van der Waals surface area contributed by atoms with Gasteiger partial charge in [0, 0.05) is 30.8 Å². The van der Waals surface area contributed by atoms with Gasteiger partial charge in [-0.3, -0.25) is 4.79 Å². The van der Waals surface area contributed by atoms with E-state index in [-0.39, 0.29) is 36.3 Å². The zero-order valence-electron chi connectivity index (χ0n) is 19.8. The van der Waals surface area contributed by atoms with Gasteiger partial charge in [-0.15, -0.1) is 0 Å². The maximum absolute atomic E-state index is 13.7. The van der Waals surface area contributed by atoms with E-state index in [1.54, 1.807) is 23.1 Å². The van der Waals surface area contributed by atoms with Crippen LogP contribution in [-0.2, 0) is 16.1 Å². The first kappa shape index (κ1) is 24.6. The standard InChI is InChI=1S/C26H34FN3O3/c1-17(2)19-9-7-10-21(14-19)29-24(18(3)4)25(31)30-13-12-22(16-30)33-26(32)28-15-20-8-5-6-11-23(20)27/h5-11,14,17-18,22,24,29H,12-13,15-16H2,1-4H3,(H,28,32)/t22-,24+/m1/s1. The topological polar surface area (TPSA) is 70.7 Å². The highest BCUT2D eigenvalue weighted by atomic mass is 19.1. The van der Waals surface area contributed by atoms with E-state index in [2.05, 4.69) is 36.6 Å². The molecular weight excluding hydrogens is 421 g/mol. The van der Waals surface area contributed by atoms with E-state index < -0.39 is 6.09 Å². The van der Waals surface area contributed by atoms with Crippen molar-refractivity contribution >= 4 is 17.7 Å². The van der Waals surface area contributed by atoms with Gasteiger partial charge in [0.1, 0.15) is 18.0 Å². The van der Waals surface area contributed by atoms with Gasteiger partial charge in [0.25, 0.3) is 0 Å². The molecule has 2 aromatic rings. The van der Waals surface area contributed by atoms with Crippen molar-refractivity contribution in [1.82, 2.24) is 10.2 Å². The molecule has 3 rings (SSSR count). The number of carbonyl (C=O) groups excluding carboxylic acids is 2. The fraction of sp³-hybridized carbons (Fsp3) is 0.462. The lowest BCUT2D eigenvalue weighted by Crippen LogP contribution is -2.45. The second kappa shape index (κ2) is 11.2. The van der Waals surface area contributed by atoms with Gasteiger partial charge in [0.15, 0.2) is 0 Å². The minimum Gasteiger partial charge on any atom is -0.444 e. The lowest BCUT2D eigenvalue weighted by Gasteiger charge is -2.28. The number of nitrogens with zero attached hydrogens (tertiary/aromatic N) is 1. The maximum atomic E-state index is 13.7. The molecule has 6 nitrogen and oxygen atoms in total. The molecule has 178 valence electrons. The largest absolute Gasteiger partial charge is 0.444 e. The Balaban J connectivity index is 1.54. The number of benzene rings is 2. The molecule has 1 fully saturated rings. The van der Waals surface area contributed by atoms with Crippen LogP contribution in [0.15, 0.2) is 48.5 Å². The molecule has 2 atom stereocenters. The molecule has 1 aliphatic rings. The van der Waals surface area contributed by atoms with Crippen molar-refractivity contribution in [1.29, 1.82) is 0 Å². The van der Waals surface area contributed by atoms with Gasteiger partial charge in [-0.25, -0.2) is 9.18 Å². The molecule has 0 unspecified atom stereocenters. The van der Waals surface area contributed by atoms with Gasteiger partial charge in [0.05, 0.1) is 6.54 Å². The number of rotatable bonds is 8. The number of anilines is 1. The van der Waals surface area contributed by atoms with Gasteiger partial charge in [-0.1, -0.05) is 58.0 Å². The normalized spacial score (nSPS) is 16.7. The lowest BCUT2D eigenvalue weighted by atomic mass is 10.00. The SMILES string of the molecule is CC(C)c1cccc(N[C@H](C(=O)N2CC[C@@H](OC(=O)NCc3ccccc3F)C2)C(C)C)c1. The summed E-state index contributed by atoms with van der Waals surface area (Å²) < 4.78 is 19.2. The molecule has 0 aliphatic carbocycles. The minimum atomic E-state index is -0.610. The van der Waals surface area contributed by atoms with Crippen LogP contribution in [0.5, 0.6) is 0 Å². The van der Waals surface area contributed by atoms with Crippen molar-refractivity contribution in [3.05, 3.63) is 65.5 Å². The number of likely N-dealkylation sites (tertiary alicyclic amines) is 1. The van der Waals surface area contributed by atoms with Crippen molar-refractivity contribution in [2.45, 2.75) is 58.7 Å². The van der Waals surface area contributed by atoms with Crippen molar-refractivity contribution in [2.75, 3.05) is 18.4 Å². The summed E-state index contributed by atoms with van der Waals surface area (Å²) in [5, 5.41) is 5.98. The Morgan fingerprint density at radius 3 is 2.58 bits per heavy atom. The van der Waals surface area contributed by atoms with Crippen LogP contribution in [0.25, 0.3) is 0 Å². The second-order valence-corrected chi connectivity index (χ2v) is 9.19. The number of carbonyl (C=O) groups is 2. The van der Waals surface area contributed by atoms with Gasteiger partial charge < -0.3 is 20.3 Å². The number of amides is 2. The molecule has 33 heavy (non-hydrogen) atoms. The smallest absolute Gasteiger partial charge is 0.407 e. The first-order valence-electron chi connectivity index (χ1n) is 11.6. The van der Waals surface area contributed by atoms with E-state index in [9.17, 15) is 14.0 Å². The summed E-state index contributed by atoms with van der Waals surface area (Å²) in [6.07, 6.45) is -0.416. The van der Waals surface area contributed by atoms with E-state index in [4.69, 9.17) is 4.74 Å². The monoisotopic (exact) mass is 455 g/mol. The quantitative estimate of drug-likeness (QED) is 0.593. The molecule has 2 aromatic carbocycles. The predicted octanol–water partition coefficient (Wildman–Crippen LogP) is 4.91.